The Hall–Kier alpha value is -0.890. The molecule has 0 saturated carbocycles. The Kier molecular flexibility index (Phi) is 4.55. The van der Waals surface area contributed by atoms with E-state index in [1.165, 1.54) is 0 Å². The molecule has 1 unspecified atom stereocenters. The molecule has 0 bridgehead atoms. The van der Waals surface area contributed by atoms with Gasteiger partial charge in [-0.15, -0.1) is 3.77 Å². The van der Waals surface area contributed by atoms with Crippen LogP contribution >= 0.6 is 0 Å². The fourth-order valence-electron chi connectivity index (χ4n) is 1.11. The van der Waals surface area contributed by atoms with Crippen molar-refractivity contribution < 1.29 is 21.6 Å². The van der Waals surface area contributed by atoms with E-state index in [4.69, 9.17) is 0 Å². The van der Waals surface area contributed by atoms with E-state index in [1.807, 2.05) is 0 Å². The molecule has 3 nitrogen and oxygen atoms in total. The number of halogens is 3. The second-order valence-electron chi connectivity index (χ2n) is 3.67. The Morgan fingerprint density at radius 2 is 1.67 bits per heavy atom. The minimum atomic E-state index is -5.45. The fourth-order valence-corrected chi connectivity index (χ4v) is 4.31. The predicted molar refractivity (Wildman–Crippen MR) is 64.6 cm³/mol. The van der Waals surface area contributed by atoms with E-state index in [-0.39, 0.29) is 5.25 Å². The van der Waals surface area contributed by atoms with Gasteiger partial charge in [0.25, 0.3) is 0 Å². The van der Waals surface area contributed by atoms with Crippen molar-refractivity contribution in [2.45, 2.75) is 29.5 Å². The number of nitrogens with zero attached hydrogens (tertiary/aromatic N) is 1. The summed E-state index contributed by atoms with van der Waals surface area (Å²) in [7, 11) is -6.79. The van der Waals surface area contributed by atoms with Crippen LogP contribution in [0.25, 0.3) is 0 Å². The SMILES string of the molecule is CC(C)/S(=N\S(=O)(=O)C(F)(F)F)c1ccccc1. The van der Waals surface area contributed by atoms with E-state index >= 15 is 0 Å². The lowest BCUT2D eigenvalue weighted by atomic mass is 10.4. The van der Waals surface area contributed by atoms with Crippen LogP contribution < -0.4 is 0 Å². The molecule has 0 aliphatic heterocycles. The van der Waals surface area contributed by atoms with E-state index in [9.17, 15) is 21.6 Å². The maximum atomic E-state index is 12.3. The molecule has 0 aliphatic carbocycles. The van der Waals surface area contributed by atoms with Gasteiger partial charge < -0.3 is 0 Å². The second-order valence-corrected chi connectivity index (χ2v) is 7.72. The zero-order chi connectivity index (χ0) is 14.0. The molecule has 0 aromatic heterocycles. The molecule has 0 N–H and O–H groups in total. The van der Waals surface area contributed by atoms with Gasteiger partial charge in [0.05, 0.1) is 0 Å². The summed E-state index contributed by atoms with van der Waals surface area (Å²) in [6.07, 6.45) is 0. The van der Waals surface area contributed by atoms with Crippen LogP contribution in [-0.2, 0) is 20.7 Å². The lowest BCUT2D eigenvalue weighted by Gasteiger charge is -2.12. The number of benzene rings is 1. The molecule has 1 rings (SSSR count). The molecule has 0 spiro atoms. The molecule has 0 heterocycles. The van der Waals surface area contributed by atoms with Crippen LogP contribution in [0.1, 0.15) is 13.8 Å². The molecular formula is C10H12F3NO2S2. The third-order valence-electron chi connectivity index (χ3n) is 1.90. The van der Waals surface area contributed by atoms with Crippen LogP contribution in [-0.4, -0.2) is 19.2 Å². The third-order valence-corrected chi connectivity index (χ3v) is 5.56. The Labute approximate surface area is 106 Å². The summed E-state index contributed by atoms with van der Waals surface area (Å²) in [5.74, 6) is 0. The van der Waals surface area contributed by atoms with E-state index in [0.29, 0.717) is 4.90 Å². The molecule has 8 heteroatoms. The lowest BCUT2D eigenvalue weighted by Crippen LogP contribution is -2.22. The van der Waals surface area contributed by atoms with Gasteiger partial charge in [-0.3, -0.25) is 0 Å². The first-order valence-electron chi connectivity index (χ1n) is 4.97. The first-order valence-corrected chi connectivity index (χ1v) is 7.66. The quantitative estimate of drug-likeness (QED) is 0.861. The average molecular weight is 299 g/mol. The van der Waals surface area contributed by atoms with Crippen molar-refractivity contribution in [1.82, 2.24) is 0 Å². The molecule has 0 amide bonds. The van der Waals surface area contributed by atoms with Crippen molar-refractivity contribution >= 4 is 20.7 Å². The number of sulfonamides is 1. The topological polar surface area (TPSA) is 46.5 Å². The second kappa shape index (κ2) is 5.40. The van der Waals surface area contributed by atoms with E-state index in [1.54, 1.807) is 44.2 Å². The fraction of sp³-hybridized carbons (Fsp3) is 0.400. The van der Waals surface area contributed by atoms with Gasteiger partial charge in [-0.05, 0) is 22.8 Å². The van der Waals surface area contributed by atoms with Crippen molar-refractivity contribution in [2.75, 3.05) is 0 Å². The Balaban J connectivity index is 3.33. The zero-order valence-corrected chi connectivity index (χ0v) is 11.3. The normalized spacial score (nSPS) is 15.0. The summed E-state index contributed by atoms with van der Waals surface area (Å²) >= 11 is 0. The number of hydrogen-bond acceptors (Lipinski definition) is 2. The maximum absolute atomic E-state index is 12.3. The maximum Gasteiger partial charge on any atom is 0.519 e. The molecule has 1 aromatic carbocycles. The predicted octanol–water partition coefficient (Wildman–Crippen LogP) is 3.11. The lowest BCUT2D eigenvalue weighted by molar-refractivity contribution is -0.0434. The minimum absolute atomic E-state index is 0.329. The number of alkyl halides is 3. The highest BCUT2D eigenvalue weighted by atomic mass is 32.3. The van der Waals surface area contributed by atoms with E-state index in [2.05, 4.69) is 3.77 Å². The summed E-state index contributed by atoms with van der Waals surface area (Å²) in [5.41, 5.74) is -5.35. The van der Waals surface area contributed by atoms with Gasteiger partial charge in [0.2, 0.25) is 0 Å². The largest absolute Gasteiger partial charge is 0.519 e. The molecule has 1 atom stereocenters. The van der Waals surface area contributed by atoms with Gasteiger partial charge in [-0.2, -0.15) is 21.6 Å². The summed E-state index contributed by atoms with van der Waals surface area (Å²) in [6.45, 7) is 3.26. The van der Waals surface area contributed by atoms with Crippen molar-refractivity contribution in [3.05, 3.63) is 30.3 Å². The first kappa shape index (κ1) is 15.2. The van der Waals surface area contributed by atoms with Crippen LogP contribution in [0.2, 0.25) is 0 Å². The molecule has 1 aromatic rings. The highest BCUT2D eigenvalue weighted by molar-refractivity contribution is 8.00. The Morgan fingerprint density at radius 1 is 1.17 bits per heavy atom. The summed E-state index contributed by atoms with van der Waals surface area (Å²) < 4.78 is 62.0. The van der Waals surface area contributed by atoms with Gasteiger partial charge in [-0.1, -0.05) is 32.0 Å². The summed E-state index contributed by atoms with van der Waals surface area (Å²) in [5, 5.41) is -0.329. The molecule has 0 saturated heterocycles. The van der Waals surface area contributed by atoms with Crippen molar-refractivity contribution in [2.24, 2.45) is 3.77 Å². The Morgan fingerprint density at radius 3 is 2.06 bits per heavy atom. The molecular weight excluding hydrogens is 287 g/mol. The van der Waals surface area contributed by atoms with E-state index < -0.39 is 26.2 Å². The minimum Gasteiger partial charge on any atom is -0.194 e. The third kappa shape index (κ3) is 3.55. The van der Waals surface area contributed by atoms with Crippen molar-refractivity contribution in [3.63, 3.8) is 0 Å². The van der Waals surface area contributed by atoms with Crippen molar-refractivity contribution in [1.29, 1.82) is 0 Å². The highest BCUT2D eigenvalue weighted by Gasteiger charge is 2.46. The Bertz CT molecular complexity index is 536. The van der Waals surface area contributed by atoms with Gasteiger partial charge >= 0.3 is 15.5 Å². The van der Waals surface area contributed by atoms with Gasteiger partial charge in [-0.25, -0.2) is 0 Å². The smallest absolute Gasteiger partial charge is 0.194 e. The summed E-state index contributed by atoms with van der Waals surface area (Å²) in [6, 6.07) is 8.10. The summed E-state index contributed by atoms with van der Waals surface area (Å²) in [4.78, 5) is 0.473. The monoisotopic (exact) mass is 299 g/mol. The van der Waals surface area contributed by atoms with Crippen LogP contribution in [0.3, 0.4) is 0 Å². The van der Waals surface area contributed by atoms with Crippen LogP contribution in [0.15, 0.2) is 39.0 Å². The number of rotatable bonds is 3. The molecule has 0 radical (unpaired) electrons. The molecule has 0 fully saturated rings. The number of hydrogen-bond donors (Lipinski definition) is 0. The highest BCUT2D eigenvalue weighted by Crippen LogP contribution is 2.27. The molecule has 18 heavy (non-hydrogen) atoms. The van der Waals surface area contributed by atoms with Gasteiger partial charge in [0.15, 0.2) is 0 Å². The van der Waals surface area contributed by atoms with Crippen molar-refractivity contribution in [3.8, 4) is 0 Å². The van der Waals surface area contributed by atoms with E-state index in [0.717, 1.165) is 0 Å². The van der Waals surface area contributed by atoms with Crippen LogP contribution in [0.5, 0.6) is 0 Å². The van der Waals surface area contributed by atoms with Gasteiger partial charge in [0.1, 0.15) is 0 Å². The first-order chi connectivity index (χ1) is 8.15. The molecule has 0 aliphatic rings. The molecule has 102 valence electrons. The van der Waals surface area contributed by atoms with Crippen LogP contribution in [0.4, 0.5) is 13.2 Å². The average Bonchev–Trinajstić information content (AvgIpc) is 2.25. The van der Waals surface area contributed by atoms with Crippen LogP contribution in [0, 0.1) is 0 Å². The van der Waals surface area contributed by atoms with Gasteiger partial charge in [0, 0.05) is 10.1 Å². The zero-order valence-electron chi connectivity index (χ0n) is 9.68. The standard InChI is InChI=1S/C10H12F3NO2S2/c1-8(2)17(9-6-4-3-5-7-9)14-18(15,16)10(11,12)13/h3-8H,1-2H3.